The van der Waals surface area contributed by atoms with Crippen molar-refractivity contribution in [2.24, 2.45) is 0 Å². The first kappa shape index (κ1) is 23.4. The number of aryl methyl sites for hydroxylation is 1. The van der Waals surface area contributed by atoms with Crippen LogP contribution in [-0.4, -0.2) is 15.7 Å². The summed E-state index contributed by atoms with van der Waals surface area (Å²) >= 11 is 5.98. The minimum atomic E-state index is -5.70. The first-order chi connectivity index (χ1) is 14.9. The van der Waals surface area contributed by atoms with Gasteiger partial charge >= 0.3 is 6.18 Å². The highest BCUT2D eigenvalue weighted by Gasteiger charge is 2.42. The van der Waals surface area contributed by atoms with Crippen LogP contribution in [0.2, 0.25) is 5.02 Å². The molecule has 0 spiro atoms. The standard InChI is InChI=1S/C19H11ClF7N3O2/c1-8-2-3-9(20)11(6-8)32-7-30-5-4-10(29-30)18(31)28-17-15(23)13(21)12(19(25,26)27)14(22)16(17)24/h2-6H,7H2,1H3,(H,28,31). The van der Waals surface area contributed by atoms with Crippen LogP contribution in [0.3, 0.4) is 0 Å². The number of carbonyl (C=O) groups is 1. The lowest BCUT2D eigenvalue weighted by atomic mass is 10.1. The summed E-state index contributed by atoms with van der Waals surface area (Å²) < 4.78 is 99.7. The van der Waals surface area contributed by atoms with Crippen molar-refractivity contribution in [3.63, 3.8) is 0 Å². The van der Waals surface area contributed by atoms with Crippen molar-refractivity contribution in [1.29, 1.82) is 0 Å². The number of rotatable bonds is 5. The molecule has 0 bridgehead atoms. The normalized spacial score (nSPS) is 11.5. The van der Waals surface area contributed by atoms with Crippen molar-refractivity contribution in [1.82, 2.24) is 9.78 Å². The Morgan fingerprint density at radius 1 is 1.09 bits per heavy atom. The highest BCUT2D eigenvalue weighted by molar-refractivity contribution is 6.32. The fourth-order valence-electron chi connectivity index (χ4n) is 2.58. The molecule has 1 heterocycles. The van der Waals surface area contributed by atoms with E-state index < -0.39 is 52.3 Å². The smallest absolute Gasteiger partial charge is 0.422 e. The summed E-state index contributed by atoms with van der Waals surface area (Å²) in [4.78, 5) is 12.2. The van der Waals surface area contributed by atoms with Crippen LogP contribution in [0.25, 0.3) is 0 Å². The Morgan fingerprint density at radius 2 is 1.72 bits per heavy atom. The molecule has 0 aliphatic rings. The summed E-state index contributed by atoms with van der Waals surface area (Å²) in [5.41, 5.74) is -4.09. The zero-order valence-electron chi connectivity index (χ0n) is 15.8. The predicted octanol–water partition coefficient (Wildman–Crippen LogP) is 5.71. The minimum Gasteiger partial charge on any atom is -0.470 e. The summed E-state index contributed by atoms with van der Waals surface area (Å²) in [5.74, 6) is -11.2. The van der Waals surface area contributed by atoms with Crippen LogP contribution in [0, 0.1) is 30.2 Å². The molecule has 0 saturated heterocycles. The van der Waals surface area contributed by atoms with Gasteiger partial charge in [-0.2, -0.15) is 18.3 Å². The number of nitrogens with one attached hydrogen (secondary N) is 1. The molecule has 1 amide bonds. The maximum absolute atomic E-state index is 13.9. The Bertz CT molecular complexity index is 1170. The lowest BCUT2D eigenvalue weighted by Gasteiger charge is -2.14. The average Bonchev–Trinajstić information content (AvgIpc) is 3.18. The number of benzene rings is 2. The van der Waals surface area contributed by atoms with Crippen molar-refractivity contribution in [2.75, 3.05) is 5.32 Å². The van der Waals surface area contributed by atoms with Gasteiger partial charge in [0.25, 0.3) is 5.91 Å². The number of anilines is 1. The molecule has 170 valence electrons. The van der Waals surface area contributed by atoms with Crippen LogP contribution < -0.4 is 10.1 Å². The maximum atomic E-state index is 13.9. The van der Waals surface area contributed by atoms with E-state index in [1.165, 1.54) is 11.5 Å². The molecule has 2 aromatic carbocycles. The number of hydrogen-bond acceptors (Lipinski definition) is 3. The molecule has 3 aromatic rings. The molecule has 0 aliphatic carbocycles. The lowest BCUT2D eigenvalue weighted by molar-refractivity contribution is -0.143. The predicted molar refractivity (Wildman–Crippen MR) is 98.3 cm³/mol. The van der Waals surface area contributed by atoms with Gasteiger partial charge in [0, 0.05) is 6.20 Å². The molecule has 0 aliphatic heterocycles. The molecule has 5 nitrogen and oxygen atoms in total. The second-order valence-corrected chi connectivity index (χ2v) is 6.81. The molecule has 13 heteroatoms. The molecule has 0 atom stereocenters. The van der Waals surface area contributed by atoms with Crippen LogP contribution in [0.5, 0.6) is 5.75 Å². The van der Waals surface area contributed by atoms with E-state index in [1.54, 1.807) is 25.1 Å². The number of hydrogen-bond donors (Lipinski definition) is 1. The van der Waals surface area contributed by atoms with Crippen LogP contribution in [0.4, 0.5) is 36.4 Å². The minimum absolute atomic E-state index is 0.233. The van der Waals surface area contributed by atoms with E-state index in [9.17, 15) is 35.5 Å². The van der Waals surface area contributed by atoms with Gasteiger partial charge in [-0.15, -0.1) is 0 Å². The molecule has 3 rings (SSSR count). The van der Waals surface area contributed by atoms with E-state index in [2.05, 4.69) is 5.10 Å². The van der Waals surface area contributed by atoms with Crippen LogP contribution in [0.15, 0.2) is 30.5 Å². The number of aromatic nitrogens is 2. The molecule has 0 unspecified atom stereocenters. The van der Waals surface area contributed by atoms with Crippen LogP contribution in [-0.2, 0) is 12.9 Å². The van der Waals surface area contributed by atoms with E-state index >= 15 is 0 Å². The second-order valence-electron chi connectivity index (χ2n) is 6.41. The summed E-state index contributed by atoms with van der Waals surface area (Å²) in [6.45, 7) is 1.56. The van der Waals surface area contributed by atoms with Crippen molar-refractivity contribution < 1.29 is 40.3 Å². The third-order valence-electron chi connectivity index (χ3n) is 4.10. The highest BCUT2D eigenvalue weighted by atomic mass is 35.5. The topological polar surface area (TPSA) is 56.1 Å². The van der Waals surface area contributed by atoms with E-state index in [1.807, 2.05) is 0 Å². The fourth-order valence-corrected chi connectivity index (χ4v) is 2.75. The Labute approximate surface area is 180 Å². The van der Waals surface area contributed by atoms with Gasteiger partial charge in [0.1, 0.15) is 17.0 Å². The van der Waals surface area contributed by atoms with E-state index in [0.29, 0.717) is 10.8 Å². The third kappa shape index (κ3) is 4.64. The second kappa shape index (κ2) is 8.69. The van der Waals surface area contributed by atoms with Gasteiger partial charge in [-0.1, -0.05) is 17.7 Å². The largest absolute Gasteiger partial charge is 0.470 e. The molecule has 32 heavy (non-hydrogen) atoms. The molecular formula is C19H11ClF7N3O2. The zero-order chi connectivity index (χ0) is 23.8. The van der Waals surface area contributed by atoms with Gasteiger partial charge in [-0.25, -0.2) is 22.2 Å². The number of halogens is 8. The summed E-state index contributed by atoms with van der Waals surface area (Å²) in [5, 5.41) is 5.55. The van der Waals surface area contributed by atoms with E-state index in [4.69, 9.17) is 16.3 Å². The first-order valence-electron chi connectivity index (χ1n) is 8.57. The van der Waals surface area contributed by atoms with Crippen molar-refractivity contribution >= 4 is 23.2 Å². The number of amides is 1. The Kier molecular flexibility index (Phi) is 6.35. The van der Waals surface area contributed by atoms with E-state index in [-0.39, 0.29) is 6.73 Å². The Morgan fingerprint density at radius 3 is 2.31 bits per heavy atom. The lowest BCUT2D eigenvalue weighted by Crippen LogP contribution is -2.21. The average molecular weight is 482 g/mol. The fraction of sp³-hybridized carbons (Fsp3) is 0.158. The molecule has 0 saturated carbocycles. The van der Waals surface area contributed by atoms with Gasteiger partial charge in [-0.05, 0) is 30.7 Å². The molecule has 1 N–H and O–H groups in total. The number of carbonyl (C=O) groups excluding carboxylic acids is 1. The quantitative estimate of drug-likeness (QED) is 0.375. The van der Waals surface area contributed by atoms with Gasteiger partial charge in [0.05, 0.1) is 5.02 Å². The third-order valence-corrected chi connectivity index (χ3v) is 4.41. The van der Waals surface area contributed by atoms with Gasteiger partial charge in [0.15, 0.2) is 35.7 Å². The van der Waals surface area contributed by atoms with Gasteiger partial charge in [-0.3, -0.25) is 4.79 Å². The van der Waals surface area contributed by atoms with Crippen molar-refractivity contribution in [3.8, 4) is 5.75 Å². The highest BCUT2D eigenvalue weighted by Crippen LogP contribution is 2.38. The first-order valence-corrected chi connectivity index (χ1v) is 8.94. The summed E-state index contributed by atoms with van der Waals surface area (Å²) in [6, 6.07) is 6.05. The Hall–Kier alpha value is -3.28. The SMILES string of the molecule is Cc1ccc(Cl)c(OCn2ccc(C(=O)Nc3c(F)c(F)c(C(F)(F)F)c(F)c3F)n2)c1. The van der Waals surface area contributed by atoms with Gasteiger partial charge < -0.3 is 10.1 Å². The molecule has 0 radical (unpaired) electrons. The van der Waals surface area contributed by atoms with E-state index in [0.717, 1.165) is 16.3 Å². The molecule has 1 aromatic heterocycles. The Balaban J connectivity index is 1.79. The number of alkyl halides is 3. The van der Waals surface area contributed by atoms with Crippen molar-refractivity contribution in [3.05, 3.63) is 75.6 Å². The molecule has 0 fully saturated rings. The molecular weight excluding hydrogens is 471 g/mol. The monoisotopic (exact) mass is 481 g/mol. The van der Waals surface area contributed by atoms with Crippen molar-refractivity contribution in [2.45, 2.75) is 19.8 Å². The number of ether oxygens (including phenoxy) is 1. The summed E-state index contributed by atoms with van der Waals surface area (Å²) in [7, 11) is 0. The van der Waals surface area contributed by atoms with Crippen LogP contribution >= 0.6 is 11.6 Å². The summed E-state index contributed by atoms with van der Waals surface area (Å²) in [6.07, 6.45) is -4.46. The zero-order valence-corrected chi connectivity index (χ0v) is 16.6. The van der Waals surface area contributed by atoms with Gasteiger partial charge in [0.2, 0.25) is 0 Å². The van der Waals surface area contributed by atoms with Crippen LogP contribution in [0.1, 0.15) is 21.6 Å². The number of nitrogens with zero attached hydrogens (tertiary/aromatic N) is 2. The maximum Gasteiger partial charge on any atom is 0.422 e.